The van der Waals surface area contributed by atoms with E-state index in [1.165, 1.54) is 24.5 Å². The summed E-state index contributed by atoms with van der Waals surface area (Å²) in [5.74, 6) is 0.0420. The lowest BCUT2D eigenvalue weighted by Crippen LogP contribution is -2.45. The third kappa shape index (κ3) is 5.79. The number of amides is 1. The molecule has 0 aliphatic carbocycles. The fourth-order valence-electron chi connectivity index (χ4n) is 4.22. The van der Waals surface area contributed by atoms with Gasteiger partial charge in [0.15, 0.2) is 0 Å². The Morgan fingerprint density at radius 1 is 1.08 bits per heavy atom. The Bertz CT molecular complexity index is 1480. The van der Waals surface area contributed by atoms with Gasteiger partial charge in [0.05, 0.1) is 36.2 Å². The average Bonchev–Trinajstić information content (AvgIpc) is 3.32. The molecule has 5 rings (SSSR count). The van der Waals surface area contributed by atoms with Crippen LogP contribution < -0.4 is 14.9 Å². The smallest absolute Gasteiger partial charge is 0.242 e. The molecule has 4 aromatic rings. The number of ether oxygens (including phenoxy) is 1. The maximum Gasteiger partial charge on any atom is 0.242 e. The first-order valence-corrected chi connectivity index (χ1v) is 13.5. The minimum absolute atomic E-state index is 0.0908. The van der Waals surface area contributed by atoms with Gasteiger partial charge in [0.2, 0.25) is 21.9 Å². The van der Waals surface area contributed by atoms with Gasteiger partial charge in [-0.1, -0.05) is 35.9 Å². The van der Waals surface area contributed by atoms with Gasteiger partial charge in [0.25, 0.3) is 0 Å². The van der Waals surface area contributed by atoms with E-state index in [0.29, 0.717) is 37.9 Å². The molecule has 1 amide bonds. The first kappa shape index (κ1) is 24.9. The van der Waals surface area contributed by atoms with E-state index in [1.54, 1.807) is 18.3 Å². The van der Waals surface area contributed by atoms with E-state index in [9.17, 15) is 13.2 Å². The molecule has 0 saturated carbocycles. The predicted molar refractivity (Wildman–Crippen MR) is 141 cm³/mol. The topological polar surface area (TPSA) is 129 Å². The number of morpholine rings is 1. The summed E-state index contributed by atoms with van der Waals surface area (Å²) in [6, 6.07) is 13.1. The summed E-state index contributed by atoms with van der Waals surface area (Å²) >= 11 is 0. The van der Waals surface area contributed by atoms with Gasteiger partial charge in [-0.2, -0.15) is 4.72 Å². The number of nitrogens with zero attached hydrogens (tertiary/aromatic N) is 3. The first-order valence-electron chi connectivity index (χ1n) is 12.0. The largest absolute Gasteiger partial charge is 0.378 e. The van der Waals surface area contributed by atoms with Gasteiger partial charge in [0.1, 0.15) is 6.04 Å². The van der Waals surface area contributed by atoms with Crippen molar-refractivity contribution in [1.29, 1.82) is 0 Å². The number of carbonyl (C=O) groups is 1. The highest BCUT2D eigenvalue weighted by atomic mass is 32.2. The number of fused-ring (bicyclic) bond motifs is 1. The Hall–Kier alpha value is -3.80. The molecular weight excluding hydrogens is 492 g/mol. The number of para-hydroxylation sites is 1. The van der Waals surface area contributed by atoms with Crippen molar-refractivity contribution in [2.45, 2.75) is 24.3 Å². The summed E-state index contributed by atoms with van der Waals surface area (Å²) in [5, 5.41) is 3.70. The lowest BCUT2D eigenvalue weighted by Gasteiger charge is -2.26. The number of carbonyl (C=O) groups excluding carboxylic acids is 1. The molecule has 11 heteroatoms. The van der Waals surface area contributed by atoms with Gasteiger partial charge < -0.3 is 19.9 Å². The highest BCUT2D eigenvalue weighted by Crippen LogP contribution is 2.21. The Kier molecular flexibility index (Phi) is 7.17. The van der Waals surface area contributed by atoms with Crippen molar-refractivity contribution in [2.24, 2.45) is 0 Å². The van der Waals surface area contributed by atoms with Gasteiger partial charge in [-0.3, -0.25) is 4.79 Å². The molecule has 0 bridgehead atoms. The van der Waals surface area contributed by atoms with E-state index in [-0.39, 0.29) is 11.3 Å². The summed E-state index contributed by atoms with van der Waals surface area (Å²) in [7, 11) is -3.96. The van der Waals surface area contributed by atoms with E-state index in [2.05, 4.69) is 25.0 Å². The van der Waals surface area contributed by atoms with Crippen molar-refractivity contribution < 1.29 is 17.9 Å². The number of anilines is 2. The molecule has 1 fully saturated rings. The van der Waals surface area contributed by atoms with Crippen molar-refractivity contribution in [1.82, 2.24) is 19.7 Å². The van der Waals surface area contributed by atoms with Crippen LogP contribution in [0, 0.1) is 6.92 Å². The van der Waals surface area contributed by atoms with Crippen LogP contribution in [-0.4, -0.2) is 61.6 Å². The monoisotopic (exact) mass is 520 g/mol. The average molecular weight is 521 g/mol. The van der Waals surface area contributed by atoms with Crippen LogP contribution in [0.2, 0.25) is 0 Å². The fraction of sp³-hybridized carbons (Fsp3) is 0.269. The van der Waals surface area contributed by atoms with Crippen LogP contribution in [0.4, 0.5) is 11.6 Å². The summed E-state index contributed by atoms with van der Waals surface area (Å²) in [6.45, 7) is 4.48. The number of hydrogen-bond donors (Lipinski definition) is 3. The van der Waals surface area contributed by atoms with Gasteiger partial charge in [-0.15, -0.1) is 0 Å². The van der Waals surface area contributed by atoms with E-state index in [0.717, 1.165) is 22.0 Å². The zero-order valence-corrected chi connectivity index (χ0v) is 21.2. The summed E-state index contributed by atoms with van der Waals surface area (Å²) < 4.78 is 34.3. The zero-order chi connectivity index (χ0) is 25.8. The molecule has 37 heavy (non-hydrogen) atoms. The van der Waals surface area contributed by atoms with Gasteiger partial charge >= 0.3 is 0 Å². The molecular formula is C26H28N6O4S. The maximum atomic E-state index is 13.4. The van der Waals surface area contributed by atoms with Crippen molar-refractivity contribution in [2.75, 3.05) is 36.5 Å². The molecule has 1 atom stereocenters. The zero-order valence-electron chi connectivity index (χ0n) is 20.3. The van der Waals surface area contributed by atoms with Gasteiger partial charge in [-0.25, -0.2) is 18.4 Å². The number of nitrogens with one attached hydrogen (secondary N) is 3. The minimum atomic E-state index is -3.96. The van der Waals surface area contributed by atoms with E-state index in [4.69, 9.17) is 4.74 Å². The second kappa shape index (κ2) is 10.7. The lowest BCUT2D eigenvalue weighted by molar-refractivity contribution is -0.117. The van der Waals surface area contributed by atoms with E-state index >= 15 is 0 Å². The van der Waals surface area contributed by atoms with Crippen LogP contribution in [0.25, 0.3) is 10.9 Å². The normalized spacial score (nSPS) is 15.0. The number of aromatic amines is 1. The third-order valence-electron chi connectivity index (χ3n) is 6.24. The SMILES string of the molecule is Cc1ccc(S(=O)(=O)N[C@@H](Cc2c[nH]c3ccccc23)C(=O)Nc2cnc(N3CCOCC3)nc2)cc1. The highest BCUT2D eigenvalue weighted by molar-refractivity contribution is 7.89. The number of H-pyrrole nitrogens is 1. The molecule has 0 spiro atoms. The van der Waals surface area contributed by atoms with E-state index < -0.39 is 22.0 Å². The summed E-state index contributed by atoms with van der Waals surface area (Å²) in [4.78, 5) is 27.4. The van der Waals surface area contributed by atoms with Gasteiger partial charge in [0, 0.05) is 30.2 Å². The number of aromatic nitrogens is 3. The van der Waals surface area contributed by atoms with Crippen molar-refractivity contribution in [3.63, 3.8) is 0 Å². The van der Waals surface area contributed by atoms with Crippen molar-refractivity contribution in [3.8, 4) is 0 Å². The van der Waals surface area contributed by atoms with Crippen LogP contribution in [0.15, 0.2) is 72.0 Å². The molecule has 1 aliphatic heterocycles. The molecule has 0 unspecified atom stereocenters. The molecule has 1 saturated heterocycles. The molecule has 3 heterocycles. The second-order valence-electron chi connectivity index (χ2n) is 8.91. The van der Waals surface area contributed by atoms with Crippen LogP contribution in [-0.2, 0) is 26.0 Å². The Morgan fingerprint density at radius 3 is 2.51 bits per heavy atom. The number of benzene rings is 2. The molecule has 192 valence electrons. The van der Waals surface area contributed by atoms with Crippen LogP contribution >= 0.6 is 0 Å². The van der Waals surface area contributed by atoms with Crippen LogP contribution in [0.1, 0.15) is 11.1 Å². The number of sulfonamides is 1. The molecule has 2 aromatic carbocycles. The number of aryl methyl sites for hydroxylation is 1. The summed E-state index contributed by atoms with van der Waals surface area (Å²) in [5.41, 5.74) is 3.04. The standard InChI is InChI=1S/C26H28N6O4S/c1-18-6-8-21(9-7-18)37(34,35)31-24(14-19-15-27-23-5-3-2-4-22(19)23)25(33)30-20-16-28-26(29-17-20)32-10-12-36-13-11-32/h2-9,15-17,24,27,31H,10-14H2,1H3,(H,30,33)/t24-/m0/s1. The molecule has 1 aliphatic rings. The Morgan fingerprint density at radius 2 is 1.78 bits per heavy atom. The summed E-state index contributed by atoms with van der Waals surface area (Å²) in [6.07, 6.45) is 4.98. The molecule has 2 aromatic heterocycles. The highest BCUT2D eigenvalue weighted by Gasteiger charge is 2.27. The minimum Gasteiger partial charge on any atom is -0.378 e. The second-order valence-corrected chi connectivity index (χ2v) is 10.6. The van der Waals surface area contributed by atoms with Crippen LogP contribution in [0.3, 0.4) is 0 Å². The number of rotatable bonds is 8. The maximum absolute atomic E-state index is 13.4. The van der Waals surface area contributed by atoms with Crippen LogP contribution in [0.5, 0.6) is 0 Å². The van der Waals surface area contributed by atoms with Crippen molar-refractivity contribution in [3.05, 3.63) is 78.2 Å². The third-order valence-corrected chi connectivity index (χ3v) is 7.73. The van der Waals surface area contributed by atoms with Gasteiger partial charge in [-0.05, 0) is 37.1 Å². The molecule has 3 N–H and O–H groups in total. The Labute approximate surface area is 215 Å². The predicted octanol–water partition coefficient (Wildman–Crippen LogP) is 2.63. The number of hydrogen-bond acceptors (Lipinski definition) is 7. The quantitative estimate of drug-likeness (QED) is 0.326. The molecule has 0 radical (unpaired) electrons. The molecule has 10 nitrogen and oxygen atoms in total. The first-order chi connectivity index (χ1) is 17.9. The Balaban J connectivity index is 1.38. The van der Waals surface area contributed by atoms with Crippen molar-refractivity contribution >= 4 is 38.5 Å². The van der Waals surface area contributed by atoms with E-state index in [1.807, 2.05) is 36.1 Å². The lowest BCUT2D eigenvalue weighted by atomic mass is 10.1. The fourth-order valence-corrected chi connectivity index (χ4v) is 5.42.